The molecule has 0 saturated carbocycles. The number of ether oxygens (including phenoxy) is 2. The molecule has 0 spiro atoms. The molecule has 0 atom stereocenters. The van der Waals surface area contributed by atoms with Gasteiger partial charge in [-0.3, -0.25) is 0 Å². The van der Waals surface area contributed by atoms with Crippen LogP contribution in [0.2, 0.25) is 0 Å². The van der Waals surface area contributed by atoms with Gasteiger partial charge in [0.05, 0.1) is 12.2 Å². The summed E-state index contributed by atoms with van der Waals surface area (Å²) in [5.74, 6) is -1.67. The van der Waals surface area contributed by atoms with Crippen molar-refractivity contribution in [1.29, 1.82) is 0 Å². The summed E-state index contributed by atoms with van der Waals surface area (Å²) < 4.78 is 79.6. The van der Waals surface area contributed by atoms with Crippen molar-refractivity contribution in [3.63, 3.8) is 0 Å². The summed E-state index contributed by atoms with van der Waals surface area (Å²) in [5, 5.41) is 0.870. The van der Waals surface area contributed by atoms with Gasteiger partial charge < -0.3 is 9.47 Å². The molecule has 4 aromatic carbocycles. The summed E-state index contributed by atoms with van der Waals surface area (Å²) in [5.41, 5.74) is 1.45. The van der Waals surface area contributed by atoms with Gasteiger partial charge in [0, 0.05) is 17.5 Å². The van der Waals surface area contributed by atoms with E-state index in [1.54, 1.807) is 30.3 Å². The number of hydrogen-bond acceptors (Lipinski definition) is 2. The third-order valence-corrected chi connectivity index (χ3v) is 6.69. The molecule has 0 N–H and O–H groups in total. The molecule has 7 heteroatoms. The van der Waals surface area contributed by atoms with Gasteiger partial charge in [-0.25, -0.2) is 13.2 Å². The molecule has 0 saturated heterocycles. The van der Waals surface area contributed by atoms with Crippen LogP contribution >= 0.6 is 0 Å². The second-order valence-corrected chi connectivity index (χ2v) is 9.52. The number of fused-ring (bicyclic) bond motifs is 1. The fourth-order valence-electron chi connectivity index (χ4n) is 4.61. The van der Waals surface area contributed by atoms with E-state index in [-0.39, 0.29) is 17.1 Å². The topological polar surface area (TPSA) is 18.5 Å². The Labute approximate surface area is 225 Å². The van der Waals surface area contributed by atoms with Crippen molar-refractivity contribution in [3.05, 3.63) is 95.3 Å². The fourth-order valence-corrected chi connectivity index (χ4v) is 4.61. The van der Waals surface area contributed by atoms with E-state index in [0.717, 1.165) is 37.7 Å². The molecule has 0 fully saturated rings. The van der Waals surface area contributed by atoms with Gasteiger partial charge in [0.1, 0.15) is 29.0 Å². The van der Waals surface area contributed by atoms with E-state index in [2.05, 4.69) is 11.7 Å². The van der Waals surface area contributed by atoms with Crippen LogP contribution in [0.15, 0.2) is 66.7 Å². The van der Waals surface area contributed by atoms with Crippen molar-refractivity contribution >= 4 is 10.8 Å². The second kappa shape index (κ2) is 13.5. The minimum Gasteiger partial charge on any atom is -0.493 e. The van der Waals surface area contributed by atoms with Crippen LogP contribution in [0, 0.1) is 17.5 Å². The van der Waals surface area contributed by atoms with Gasteiger partial charge in [-0.05, 0) is 59.5 Å². The number of aryl methyl sites for hydroxylation is 2. The first-order chi connectivity index (χ1) is 18.9. The zero-order valence-electron chi connectivity index (χ0n) is 21.8. The molecule has 0 amide bonds. The average molecular weight is 543 g/mol. The molecule has 4 rings (SSSR count). The predicted molar refractivity (Wildman–Crippen MR) is 144 cm³/mol. The summed E-state index contributed by atoms with van der Waals surface area (Å²) in [6.07, 6.45) is 6.14. The lowest BCUT2D eigenvalue weighted by atomic mass is 9.96. The summed E-state index contributed by atoms with van der Waals surface area (Å²) in [6, 6.07) is 16.6. The highest BCUT2D eigenvalue weighted by molar-refractivity contribution is 5.88. The molecule has 0 radical (unpaired) electrons. The highest BCUT2D eigenvalue weighted by Gasteiger charge is 2.16. The lowest BCUT2D eigenvalue weighted by Crippen LogP contribution is -2.02. The zero-order chi connectivity index (χ0) is 27.8. The highest BCUT2D eigenvalue weighted by Crippen LogP contribution is 2.33. The van der Waals surface area contributed by atoms with Gasteiger partial charge in [-0.15, -0.1) is 0 Å². The molecule has 4 aromatic rings. The molecule has 0 aliphatic rings. The van der Waals surface area contributed by atoms with Crippen LogP contribution in [0.4, 0.5) is 22.0 Å². The van der Waals surface area contributed by atoms with Crippen molar-refractivity contribution in [1.82, 2.24) is 0 Å². The van der Waals surface area contributed by atoms with Crippen LogP contribution in [0.1, 0.15) is 50.2 Å². The average Bonchev–Trinajstić information content (AvgIpc) is 2.90. The van der Waals surface area contributed by atoms with E-state index in [4.69, 9.17) is 4.74 Å². The zero-order valence-corrected chi connectivity index (χ0v) is 21.8. The second-order valence-electron chi connectivity index (χ2n) is 9.52. The number of halogens is 5. The molecule has 0 unspecified atom stereocenters. The first-order valence-electron chi connectivity index (χ1n) is 13.2. The maximum absolute atomic E-state index is 15.3. The van der Waals surface area contributed by atoms with Gasteiger partial charge in [-0.1, -0.05) is 69.0 Å². The van der Waals surface area contributed by atoms with Gasteiger partial charge in [0.25, 0.3) is 0 Å². The third-order valence-electron chi connectivity index (χ3n) is 6.69. The molecule has 0 aliphatic carbocycles. The Balaban J connectivity index is 1.45. The largest absolute Gasteiger partial charge is 0.493 e. The number of hydrogen-bond donors (Lipinski definition) is 0. The Kier molecular flexibility index (Phi) is 9.79. The Morgan fingerprint density at radius 3 is 2.13 bits per heavy atom. The van der Waals surface area contributed by atoms with Crippen molar-refractivity contribution in [3.8, 4) is 22.6 Å². The maximum Gasteiger partial charge on any atom is 0.387 e. The van der Waals surface area contributed by atoms with Crippen LogP contribution in [0.3, 0.4) is 0 Å². The molecule has 0 bridgehead atoms. The molecule has 0 aromatic heterocycles. The standard InChI is InChI=1S/C32H31F5O2/c1-2-3-4-5-6-17-38-26-19-28(33)30(29(34)20-26)24-13-16-27-23(18-24)12-11-22(31(27)35)10-7-21-8-14-25(15-9-21)39-32(36)37/h8-9,11-16,18-20,32H,2-7,10,17H2,1H3. The molecule has 206 valence electrons. The Morgan fingerprint density at radius 1 is 0.718 bits per heavy atom. The quantitative estimate of drug-likeness (QED) is 0.124. The van der Waals surface area contributed by atoms with Crippen LogP contribution < -0.4 is 9.47 Å². The van der Waals surface area contributed by atoms with Gasteiger partial charge >= 0.3 is 6.61 Å². The van der Waals surface area contributed by atoms with E-state index < -0.39 is 24.1 Å². The SMILES string of the molecule is CCCCCCCOc1cc(F)c(-c2ccc3c(F)c(CCc4ccc(OC(F)F)cc4)ccc3c2)c(F)c1. The Hall–Kier alpha value is -3.61. The van der Waals surface area contributed by atoms with E-state index in [1.165, 1.54) is 36.4 Å². The summed E-state index contributed by atoms with van der Waals surface area (Å²) in [7, 11) is 0. The molecule has 39 heavy (non-hydrogen) atoms. The molecule has 2 nitrogen and oxygen atoms in total. The predicted octanol–water partition coefficient (Wildman–Crippen LogP) is 9.66. The van der Waals surface area contributed by atoms with Crippen molar-refractivity contribution in [2.75, 3.05) is 6.61 Å². The van der Waals surface area contributed by atoms with Gasteiger partial charge in [0.2, 0.25) is 0 Å². The summed E-state index contributed by atoms with van der Waals surface area (Å²) >= 11 is 0. The van der Waals surface area contributed by atoms with Crippen LogP contribution in [-0.4, -0.2) is 13.2 Å². The molecule has 0 heterocycles. The van der Waals surface area contributed by atoms with Gasteiger partial charge in [-0.2, -0.15) is 8.78 Å². The highest BCUT2D eigenvalue weighted by atomic mass is 19.3. The Morgan fingerprint density at radius 2 is 1.44 bits per heavy atom. The minimum atomic E-state index is -2.89. The van der Waals surface area contributed by atoms with Gasteiger partial charge in [0.15, 0.2) is 0 Å². The first-order valence-corrected chi connectivity index (χ1v) is 13.2. The van der Waals surface area contributed by atoms with Crippen molar-refractivity contribution in [2.24, 2.45) is 0 Å². The first kappa shape index (κ1) is 28.4. The lowest BCUT2D eigenvalue weighted by molar-refractivity contribution is -0.0498. The Bertz CT molecular complexity index is 1360. The minimum absolute atomic E-state index is 0.0642. The number of alkyl halides is 2. The smallest absolute Gasteiger partial charge is 0.387 e. The van der Waals surface area contributed by atoms with Crippen LogP contribution in [-0.2, 0) is 12.8 Å². The van der Waals surface area contributed by atoms with Crippen molar-refractivity contribution in [2.45, 2.75) is 58.5 Å². The normalized spacial score (nSPS) is 11.4. The lowest BCUT2D eigenvalue weighted by Gasteiger charge is -2.12. The van der Waals surface area contributed by atoms with E-state index in [0.29, 0.717) is 41.3 Å². The molecular weight excluding hydrogens is 511 g/mol. The number of benzene rings is 4. The molecular formula is C32H31F5O2. The van der Waals surface area contributed by atoms with Crippen LogP contribution in [0.25, 0.3) is 21.9 Å². The monoisotopic (exact) mass is 542 g/mol. The fraction of sp³-hybridized carbons (Fsp3) is 0.312. The van der Waals surface area contributed by atoms with E-state index in [9.17, 15) is 17.6 Å². The maximum atomic E-state index is 15.3. The van der Waals surface area contributed by atoms with Crippen LogP contribution in [0.5, 0.6) is 11.5 Å². The summed E-state index contributed by atoms with van der Waals surface area (Å²) in [6.45, 7) is -0.353. The summed E-state index contributed by atoms with van der Waals surface area (Å²) in [4.78, 5) is 0. The third kappa shape index (κ3) is 7.49. The van der Waals surface area contributed by atoms with E-state index >= 15 is 4.39 Å². The van der Waals surface area contributed by atoms with E-state index in [1.807, 2.05) is 0 Å². The molecule has 0 aliphatic heterocycles. The number of unbranched alkanes of at least 4 members (excludes halogenated alkanes) is 4. The number of rotatable bonds is 13. The van der Waals surface area contributed by atoms with Crippen molar-refractivity contribution < 1.29 is 31.4 Å².